The lowest BCUT2D eigenvalue weighted by molar-refractivity contribution is -0.116. The normalized spacial score (nSPS) is 22.1. The van der Waals surface area contributed by atoms with E-state index in [0.29, 0.717) is 12.3 Å². The average Bonchev–Trinajstić information content (AvgIpc) is 2.50. The summed E-state index contributed by atoms with van der Waals surface area (Å²) in [5, 5.41) is 15.9. The fourth-order valence-electron chi connectivity index (χ4n) is 3.00. The van der Waals surface area contributed by atoms with E-state index in [2.05, 4.69) is 37.1 Å². The lowest BCUT2D eigenvalue weighted by atomic mass is 9.78. The minimum atomic E-state index is 0.0136. The SMILES string of the molecule is C=C(O)/C=C\C(=C/C)NC1=CC(C(C)C)C2=C(CCCC2=O)N1. The van der Waals surface area contributed by atoms with E-state index in [0.717, 1.165) is 35.6 Å². The molecule has 23 heavy (non-hydrogen) atoms. The first-order valence-corrected chi connectivity index (χ1v) is 8.16. The number of carbonyl (C=O) groups excluding carboxylic acids is 1. The predicted octanol–water partition coefficient (Wildman–Crippen LogP) is 3.83. The average molecular weight is 314 g/mol. The Bertz CT molecular complexity index is 621. The molecule has 1 unspecified atom stereocenters. The number of aliphatic hydroxyl groups excluding tert-OH is 1. The number of hydrogen-bond acceptors (Lipinski definition) is 4. The summed E-state index contributed by atoms with van der Waals surface area (Å²) >= 11 is 0. The van der Waals surface area contributed by atoms with Gasteiger partial charge >= 0.3 is 0 Å². The minimum absolute atomic E-state index is 0.0136. The van der Waals surface area contributed by atoms with E-state index in [1.54, 1.807) is 12.2 Å². The van der Waals surface area contributed by atoms with Crippen LogP contribution in [0.2, 0.25) is 0 Å². The van der Waals surface area contributed by atoms with Crippen LogP contribution in [0.5, 0.6) is 0 Å². The number of dihydropyridines is 1. The number of ketones is 1. The Balaban J connectivity index is 2.23. The second-order valence-electron chi connectivity index (χ2n) is 6.34. The molecule has 0 aromatic carbocycles. The molecule has 0 saturated carbocycles. The molecule has 0 bridgehead atoms. The number of allylic oxidation sites excluding steroid dienone is 6. The van der Waals surface area contributed by atoms with Gasteiger partial charge in [0.15, 0.2) is 5.78 Å². The second kappa shape index (κ2) is 7.36. The van der Waals surface area contributed by atoms with Crippen LogP contribution in [0.15, 0.2) is 59.4 Å². The molecule has 2 rings (SSSR count). The van der Waals surface area contributed by atoms with Crippen LogP contribution < -0.4 is 10.6 Å². The third kappa shape index (κ3) is 4.15. The Labute approximate surface area is 138 Å². The van der Waals surface area contributed by atoms with Gasteiger partial charge in [-0.1, -0.05) is 26.5 Å². The molecule has 4 nitrogen and oxygen atoms in total. The fraction of sp³-hybridized carbons (Fsp3) is 0.421. The molecule has 1 atom stereocenters. The lowest BCUT2D eigenvalue weighted by Crippen LogP contribution is -2.36. The highest BCUT2D eigenvalue weighted by Gasteiger charge is 2.32. The van der Waals surface area contributed by atoms with Crippen molar-refractivity contribution in [2.45, 2.75) is 40.0 Å². The highest BCUT2D eigenvalue weighted by atomic mass is 16.3. The number of nitrogens with one attached hydrogen (secondary N) is 2. The van der Waals surface area contributed by atoms with Gasteiger partial charge in [0.25, 0.3) is 0 Å². The molecule has 3 N–H and O–H groups in total. The van der Waals surface area contributed by atoms with Gasteiger partial charge in [-0.2, -0.15) is 0 Å². The Morgan fingerprint density at radius 3 is 2.78 bits per heavy atom. The van der Waals surface area contributed by atoms with Gasteiger partial charge in [-0.15, -0.1) is 0 Å². The maximum atomic E-state index is 12.3. The molecule has 4 heteroatoms. The number of hydrogen-bond donors (Lipinski definition) is 3. The first-order valence-electron chi connectivity index (χ1n) is 8.16. The van der Waals surface area contributed by atoms with Crippen molar-refractivity contribution in [2.24, 2.45) is 11.8 Å². The van der Waals surface area contributed by atoms with Gasteiger partial charge in [0, 0.05) is 29.3 Å². The van der Waals surface area contributed by atoms with Crippen LogP contribution in [0.3, 0.4) is 0 Å². The van der Waals surface area contributed by atoms with Gasteiger partial charge in [-0.05, 0) is 43.9 Å². The van der Waals surface area contributed by atoms with E-state index >= 15 is 0 Å². The number of Topliss-reactive ketones (excluding diaryl/α,β-unsaturated/α-hetero) is 1. The summed E-state index contributed by atoms with van der Waals surface area (Å²) in [6.45, 7) is 9.65. The summed E-state index contributed by atoms with van der Waals surface area (Å²) in [7, 11) is 0. The second-order valence-corrected chi connectivity index (χ2v) is 6.34. The van der Waals surface area contributed by atoms with Crippen LogP contribution in [0.4, 0.5) is 0 Å². The van der Waals surface area contributed by atoms with Crippen molar-refractivity contribution in [1.82, 2.24) is 10.6 Å². The zero-order valence-electron chi connectivity index (χ0n) is 14.1. The van der Waals surface area contributed by atoms with Gasteiger partial charge in [-0.3, -0.25) is 4.79 Å². The van der Waals surface area contributed by atoms with Crippen LogP contribution in [0, 0.1) is 11.8 Å². The smallest absolute Gasteiger partial charge is 0.161 e. The number of rotatable bonds is 5. The van der Waals surface area contributed by atoms with Crippen molar-refractivity contribution in [2.75, 3.05) is 0 Å². The van der Waals surface area contributed by atoms with Gasteiger partial charge < -0.3 is 15.7 Å². The standard InChI is InChI=1S/C19H26N2O2/c1-5-14(10-9-13(4)22)20-18-11-15(12(2)3)19-16(21-18)7-6-8-17(19)23/h5,9-12,15,20-22H,4,6-8H2,1-3H3/b10-9-,14-5+. The van der Waals surface area contributed by atoms with Gasteiger partial charge in [-0.25, -0.2) is 0 Å². The zero-order valence-corrected chi connectivity index (χ0v) is 14.1. The Morgan fingerprint density at radius 2 is 2.17 bits per heavy atom. The van der Waals surface area contributed by atoms with Crippen molar-refractivity contribution in [3.05, 3.63) is 59.4 Å². The number of aliphatic hydroxyl groups is 1. The molecule has 0 spiro atoms. The van der Waals surface area contributed by atoms with E-state index in [1.165, 1.54) is 0 Å². The van der Waals surface area contributed by atoms with Gasteiger partial charge in [0.05, 0.1) is 0 Å². The third-order valence-electron chi connectivity index (χ3n) is 4.18. The van der Waals surface area contributed by atoms with E-state index in [-0.39, 0.29) is 17.5 Å². The maximum absolute atomic E-state index is 12.3. The summed E-state index contributed by atoms with van der Waals surface area (Å²) in [5.41, 5.74) is 2.86. The molecule has 124 valence electrons. The number of carbonyl (C=O) groups is 1. The monoisotopic (exact) mass is 314 g/mol. The third-order valence-corrected chi connectivity index (χ3v) is 4.18. The highest BCUT2D eigenvalue weighted by molar-refractivity contribution is 5.98. The molecule has 0 fully saturated rings. The van der Waals surface area contributed by atoms with Crippen LogP contribution in [-0.2, 0) is 4.79 Å². The zero-order chi connectivity index (χ0) is 17.0. The largest absolute Gasteiger partial charge is 0.509 e. The molecule has 0 aromatic heterocycles. The van der Waals surface area contributed by atoms with Crippen LogP contribution >= 0.6 is 0 Å². The van der Waals surface area contributed by atoms with E-state index in [1.807, 2.05) is 13.0 Å². The Hall–Kier alpha value is -2.23. The molecule has 1 aliphatic carbocycles. The molecule has 0 radical (unpaired) electrons. The Morgan fingerprint density at radius 1 is 1.43 bits per heavy atom. The molecule has 0 saturated heterocycles. The Kier molecular flexibility index (Phi) is 5.48. The van der Waals surface area contributed by atoms with Crippen molar-refractivity contribution in [3.63, 3.8) is 0 Å². The molecule has 1 heterocycles. The lowest BCUT2D eigenvalue weighted by Gasteiger charge is -2.33. The summed E-state index contributed by atoms with van der Waals surface area (Å²) in [5.74, 6) is 1.67. The molecule has 0 amide bonds. The summed E-state index contributed by atoms with van der Waals surface area (Å²) in [6, 6.07) is 0. The first kappa shape index (κ1) is 17.1. The summed E-state index contributed by atoms with van der Waals surface area (Å²) < 4.78 is 0. The quantitative estimate of drug-likeness (QED) is 0.533. The summed E-state index contributed by atoms with van der Waals surface area (Å²) in [6.07, 6.45) is 9.80. The van der Waals surface area contributed by atoms with E-state index in [9.17, 15) is 9.90 Å². The van der Waals surface area contributed by atoms with Crippen molar-refractivity contribution in [1.29, 1.82) is 0 Å². The van der Waals surface area contributed by atoms with Crippen molar-refractivity contribution < 1.29 is 9.90 Å². The van der Waals surface area contributed by atoms with Crippen molar-refractivity contribution in [3.8, 4) is 0 Å². The highest BCUT2D eigenvalue weighted by Crippen LogP contribution is 2.34. The van der Waals surface area contributed by atoms with Crippen LogP contribution in [-0.4, -0.2) is 10.9 Å². The first-order chi connectivity index (χ1) is 10.9. The van der Waals surface area contributed by atoms with Crippen LogP contribution in [0.25, 0.3) is 0 Å². The maximum Gasteiger partial charge on any atom is 0.161 e. The predicted molar refractivity (Wildman–Crippen MR) is 93.2 cm³/mol. The topological polar surface area (TPSA) is 61.4 Å². The molecular weight excluding hydrogens is 288 g/mol. The fourth-order valence-corrected chi connectivity index (χ4v) is 3.00. The minimum Gasteiger partial charge on any atom is -0.509 e. The molecule has 2 aliphatic rings. The van der Waals surface area contributed by atoms with Crippen LogP contribution in [0.1, 0.15) is 40.0 Å². The summed E-state index contributed by atoms with van der Waals surface area (Å²) in [4.78, 5) is 12.3. The molecule has 1 aliphatic heterocycles. The molecular formula is C19H26N2O2. The van der Waals surface area contributed by atoms with Gasteiger partial charge in [0.2, 0.25) is 0 Å². The van der Waals surface area contributed by atoms with Crippen molar-refractivity contribution >= 4 is 5.78 Å². The van der Waals surface area contributed by atoms with E-state index < -0.39 is 0 Å². The van der Waals surface area contributed by atoms with E-state index in [4.69, 9.17) is 0 Å². The van der Waals surface area contributed by atoms with Gasteiger partial charge in [0.1, 0.15) is 11.6 Å². The molecule has 0 aromatic rings.